The number of anilines is 1. The molecule has 1 aromatic carbocycles. The topological polar surface area (TPSA) is 58.2 Å². The highest BCUT2D eigenvalue weighted by atomic mass is 16.2. The number of hydrogen-bond acceptors (Lipinski definition) is 2. The van der Waals surface area contributed by atoms with Crippen molar-refractivity contribution >= 4 is 17.5 Å². The fourth-order valence-electron chi connectivity index (χ4n) is 3.56. The molecule has 0 atom stereocenters. The number of nitrogens with one attached hydrogen (secondary N) is 2. The molecule has 0 aliphatic rings. The van der Waals surface area contributed by atoms with Gasteiger partial charge in [0.1, 0.15) is 0 Å². The largest absolute Gasteiger partial charge is 0.352 e. The van der Waals surface area contributed by atoms with Crippen LogP contribution in [0.4, 0.5) is 5.69 Å². The number of hydrogen-bond donors (Lipinski definition) is 2. The van der Waals surface area contributed by atoms with E-state index in [2.05, 4.69) is 24.5 Å². The second-order valence-electron chi connectivity index (χ2n) is 8.37. The van der Waals surface area contributed by atoms with Crippen LogP contribution in [0.2, 0.25) is 0 Å². The van der Waals surface area contributed by atoms with Gasteiger partial charge in [-0.1, -0.05) is 90.9 Å². The Labute approximate surface area is 184 Å². The molecule has 2 N–H and O–H groups in total. The fourth-order valence-corrected chi connectivity index (χ4v) is 3.56. The van der Waals surface area contributed by atoms with Gasteiger partial charge < -0.3 is 10.6 Å². The Balaban J connectivity index is 2.15. The monoisotopic (exact) mass is 416 g/mol. The molecule has 0 radical (unpaired) electrons. The molecule has 30 heavy (non-hydrogen) atoms. The number of unbranched alkanes of at least 4 members (excludes halogenated alkanes) is 12. The highest BCUT2D eigenvalue weighted by molar-refractivity contribution is 5.95. The standard InChI is InChI=1S/C26H44N2O2/c1-3-5-7-9-11-13-15-17-25(29)28-24-20-18-23(19-21-24)26(30)27-22-16-14-12-10-8-6-4-2/h18-21H,3-17,22H2,1-2H3,(H,27,30)(H,28,29). The molecule has 0 heterocycles. The van der Waals surface area contributed by atoms with Gasteiger partial charge in [-0.05, 0) is 37.1 Å². The van der Waals surface area contributed by atoms with Crippen molar-refractivity contribution in [3.8, 4) is 0 Å². The lowest BCUT2D eigenvalue weighted by atomic mass is 10.1. The molecule has 1 aromatic rings. The van der Waals surface area contributed by atoms with E-state index >= 15 is 0 Å². The van der Waals surface area contributed by atoms with Gasteiger partial charge in [0, 0.05) is 24.2 Å². The minimum atomic E-state index is -0.0399. The molecule has 0 fully saturated rings. The maximum atomic E-state index is 12.2. The van der Waals surface area contributed by atoms with Crippen LogP contribution >= 0.6 is 0 Å². The zero-order valence-electron chi connectivity index (χ0n) is 19.4. The maximum Gasteiger partial charge on any atom is 0.251 e. The van der Waals surface area contributed by atoms with Crippen molar-refractivity contribution in [2.75, 3.05) is 11.9 Å². The van der Waals surface area contributed by atoms with Gasteiger partial charge in [-0.2, -0.15) is 0 Å². The summed E-state index contributed by atoms with van der Waals surface area (Å²) in [5.74, 6) is 0.0154. The van der Waals surface area contributed by atoms with Gasteiger partial charge in [-0.25, -0.2) is 0 Å². The summed E-state index contributed by atoms with van der Waals surface area (Å²) in [6.45, 7) is 5.18. The van der Waals surface area contributed by atoms with Gasteiger partial charge in [0.15, 0.2) is 0 Å². The maximum absolute atomic E-state index is 12.2. The van der Waals surface area contributed by atoms with Crippen molar-refractivity contribution < 1.29 is 9.59 Å². The second kappa shape index (κ2) is 18.0. The Morgan fingerprint density at radius 3 is 1.73 bits per heavy atom. The van der Waals surface area contributed by atoms with Crippen molar-refractivity contribution in [1.82, 2.24) is 5.32 Å². The van der Waals surface area contributed by atoms with Crippen LogP contribution in [-0.4, -0.2) is 18.4 Å². The van der Waals surface area contributed by atoms with Crippen LogP contribution in [0.15, 0.2) is 24.3 Å². The average molecular weight is 417 g/mol. The number of amides is 2. The molecule has 0 unspecified atom stereocenters. The van der Waals surface area contributed by atoms with Gasteiger partial charge in [-0.15, -0.1) is 0 Å². The highest BCUT2D eigenvalue weighted by Crippen LogP contribution is 2.12. The van der Waals surface area contributed by atoms with E-state index in [1.54, 1.807) is 12.1 Å². The van der Waals surface area contributed by atoms with Crippen molar-refractivity contribution in [2.24, 2.45) is 0 Å². The minimum Gasteiger partial charge on any atom is -0.352 e. The molecule has 4 heteroatoms. The average Bonchev–Trinajstić information content (AvgIpc) is 2.75. The predicted molar refractivity (Wildman–Crippen MR) is 128 cm³/mol. The minimum absolute atomic E-state index is 0.0399. The lowest BCUT2D eigenvalue weighted by Gasteiger charge is -2.08. The van der Waals surface area contributed by atoms with E-state index in [0.717, 1.165) is 31.5 Å². The zero-order valence-corrected chi connectivity index (χ0v) is 19.4. The lowest BCUT2D eigenvalue weighted by molar-refractivity contribution is -0.116. The smallest absolute Gasteiger partial charge is 0.251 e. The third kappa shape index (κ3) is 13.4. The fraction of sp³-hybridized carbons (Fsp3) is 0.692. The van der Waals surface area contributed by atoms with Crippen molar-refractivity contribution in [3.63, 3.8) is 0 Å². The van der Waals surface area contributed by atoms with E-state index in [4.69, 9.17) is 0 Å². The molecule has 0 aliphatic carbocycles. The third-order valence-corrected chi connectivity index (χ3v) is 5.50. The van der Waals surface area contributed by atoms with Crippen LogP contribution in [-0.2, 0) is 4.79 Å². The molecule has 0 aliphatic heterocycles. The van der Waals surface area contributed by atoms with Crippen molar-refractivity contribution in [1.29, 1.82) is 0 Å². The van der Waals surface area contributed by atoms with Crippen molar-refractivity contribution in [3.05, 3.63) is 29.8 Å². The van der Waals surface area contributed by atoms with E-state index < -0.39 is 0 Å². The normalized spacial score (nSPS) is 10.7. The van der Waals surface area contributed by atoms with Gasteiger partial charge >= 0.3 is 0 Å². The predicted octanol–water partition coefficient (Wildman–Crippen LogP) is 7.25. The van der Waals surface area contributed by atoms with Gasteiger partial charge in [0.25, 0.3) is 5.91 Å². The van der Waals surface area contributed by atoms with Gasteiger partial charge in [-0.3, -0.25) is 9.59 Å². The van der Waals surface area contributed by atoms with Gasteiger partial charge in [0.05, 0.1) is 0 Å². The first-order chi connectivity index (χ1) is 14.7. The molecule has 170 valence electrons. The molecule has 0 aromatic heterocycles. The van der Waals surface area contributed by atoms with Crippen LogP contribution in [0, 0.1) is 0 Å². The van der Waals surface area contributed by atoms with Gasteiger partial charge in [0.2, 0.25) is 5.91 Å². The number of rotatable bonds is 18. The lowest BCUT2D eigenvalue weighted by Crippen LogP contribution is -2.24. The Hall–Kier alpha value is -1.84. The summed E-state index contributed by atoms with van der Waals surface area (Å²) in [5.41, 5.74) is 1.40. The van der Waals surface area contributed by atoms with E-state index in [1.165, 1.54) is 70.6 Å². The van der Waals surface area contributed by atoms with Crippen LogP contribution in [0.3, 0.4) is 0 Å². The quantitative estimate of drug-likeness (QED) is 0.248. The van der Waals surface area contributed by atoms with E-state index in [9.17, 15) is 9.59 Å². The molecule has 0 spiro atoms. The summed E-state index contributed by atoms with van der Waals surface area (Å²) >= 11 is 0. The third-order valence-electron chi connectivity index (χ3n) is 5.50. The molecule has 2 amide bonds. The molecular formula is C26H44N2O2. The molecule has 4 nitrogen and oxygen atoms in total. The summed E-state index contributed by atoms with van der Waals surface area (Å²) in [5, 5.41) is 5.92. The summed E-state index contributed by atoms with van der Waals surface area (Å²) < 4.78 is 0. The summed E-state index contributed by atoms with van der Waals surface area (Å²) in [6, 6.07) is 7.18. The first-order valence-electron chi connectivity index (χ1n) is 12.4. The molecule has 0 saturated carbocycles. The van der Waals surface area contributed by atoms with Crippen molar-refractivity contribution in [2.45, 2.75) is 110 Å². The first kappa shape index (κ1) is 26.2. The van der Waals surface area contributed by atoms with Crippen LogP contribution in [0.5, 0.6) is 0 Å². The van der Waals surface area contributed by atoms with Crippen LogP contribution in [0.1, 0.15) is 121 Å². The molecule has 0 saturated heterocycles. The number of carbonyl (C=O) groups is 2. The highest BCUT2D eigenvalue weighted by Gasteiger charge is 2.06. The molecular weight excluding hydrogens is 372 g/mol. The summed E-state index contributed by atoms with van der Waals surface area (Å²) in [6.07, 6.45) is 17.7. The van der Waals surface area contributed by atoms with E-state index in [-0.39, 0.29) is 11.8 Å². The van der Waals surface area contributed by atoms with E-state index in [0.29, 0.717) is 12.0 Å². The number of carbonyl (C=O) groups excluding carboxylic acids is 2. The SMILES string of the molecule is CCCCCCCCCNC(=O)c1ccc(NC(=O)CCCCCCCCC)cc1. The Morgan fingerprint density at radius 2 is 1.17 bits per heavy atom. The zero-order chi connectivity index (χ0) is 21.9. The molecule has 0 bridgehead atoms. The number of benzene rings is 1. The molecule has 1 rings (SSSR count). The Morgan fingerprint density at radius 1 is 0.667 bits per heavy atom. The van der Waals surface area contributed by atoms with Crippen LogP contribution < -0.4 is 10.6 Å². The van der Waals surface area contributed by atoms with E-state index in [1.807, 2.05) is 12.1 Å². The summed E-state index contributed by atoms with van der Waals surface area (Å²) in [4.78, 5) is 24.3. The second-order valence-corrected chi connectivity index (χ2v) is 8.37. The Kier molecular flexibility index (Phi) is 15.7. The van der Waals surface area contributed by atoms with Crippen LogP contribution in [0.25, 0.3) is 0 Å². The first-order valence-corrected chi connectivity index (χ1v) is 12.4. The Bertz CT molecular complexity index is 569. The summed E-state index contributed by atoms with van der Waals surface area (Å²) in [7, 11) is 0.